The van der Waals surface area contributed by atoms with Crippen molar-refractivity contribution in [2.24, 2.45) is 0 Å². The third kappa shape index (κ3) is 3.34. The highest BCUT2D eigenvalue weighted by atomic mass is 16.1. The SMILES string of the molecule is CCCN(C)c1cnn(Cc2cc(N)ccn2)c(=O)c1. The van der Waals surface area contributed by atoms with E-state index in [0.29, 0.717) is 17.9 Å². The molecule has 2 aromatic heterocycles. The lowest BCUT2D eigenvalue weighted by molar-refractivity contribution is 0.626. The average Bonchev–Trinajstić information content (AvgIpc) is 2.41. The van der Waals surface area contributed by atoms with E-state index in [1.165, 1.54) is 4.68 Å². The quantitative estimate of drug-likeness (QED) is 0.883. The molecule has 0 fully saturated rings. The zero-order chi connectivity index (χ0) is 14.5. The summed E-state index contributed by atoms with van der Waals surface area (Å²) in [4.78, 5) is 18.2. The zero-order valence-electron chi connectivity index (χ0n) is 11.8. The summed E-state index contributed by atoms with van der Waals surface area (Å²) in [5.74, 6) is 0. The van der Waals surface area contributed by atoms with Gasteiger partial charge in [0, 0.05) is 31.5 Å². The van der Waals surface area contributed by atoms with Gasteiger partial charge in [0.2, 0.25) is 0 Å². The van der Waals surface area contributed by atoms with Crippen molar-refractivity contribution in [2.45, 2.75) is 19.9 Å². The first kappa shape index (κ1) is 14.0. The van der Waals surface area contributed by atoms with Gasteiger partial charge in [0.15, 0.2) is 0 Å². The molecule has 0 atom stereocenters. The fourth-order valence-electron chi connectivity index (χ4n) is 1.95. The number of hydrogen-bond acceptors (Lipinski definition) is 5. The molecule has 2 aromatic rings. The number of hydrogen-bond donors (Lipinski definition) is 1. The molecule has 0 amide bonds. The Kier molecular flexibility index (Phi) is 4.34. The lowest BCUT2D eigenvalue weighted by Gasteiger charge is -2.17. The van der Waals surface area contributed by atoms with Crippen LogP contribution in [0.15, 0.2) is 35.4 Å². The Labute approximate surface area is 117 Å². The normalized spacial score (nSPS) is 10.5. The maximum Gasteiger partial charge on any atom is 0.269 e. The highest BCUT2D eigenvalue weighted by Crippen LogP contribution is 2.08. The molecule has 2 N–H and O–H groups in total. The maximum atomic E-state index is 12.1. The minimum atomic E-state index is -0.144. The first-order valence-electron chi connectivity index (χ1n) is 6.59. The van der Waals surface area contributed by atoms with E-state index in [0.717, 1.165) is 18.7 Å². The highest BCUT2D eigenvalue weighted by molar-refractivity contribution is 5.41. The van der Waals surface area contributed by atoms with Gasteiger partial charge < -0.3 is 10.6 Å². The lowest BCUT2D eigenvalue weighted by Crippen LogP contribution is -2.26. The summed E-state index contributed by atoms with van der Waals surface area (Å²) in [6, 6.07) is 5.04. The van der Waals surface area contributed by atoms with Crippen molar-refractivity contribution in [3.63, 3.8) is 0 Å². The summed E-state index contributed by atoms with van der Waals surface area (Å²) >= 11 is 0. The monoisotopic (exact) mass is 273 g/mol. The number of nitrogen functional groups attached to an aromatic ring is 1. The van der Waals surface area contributed by atoms with E-state index in [1.807, 2.05) is 11.9 Å². The molecule has 0 spiro atoms. The van der Waals surface area contributed by atoms with Gasteiger partial charge in [-0.3, -0.25) is 9.78 Å². The van der Waals surface area contributed by atoms with Gasteiger partial charge in [-0.1, -0.05) is 6.92 Å². The summed E-state index contributed by atoms with van der Waals surface area (Å²) in [6.07, 6.45) is 4.34. The van der Waals surface area contributed by atoms with Crippen LogP contribution in [-0.2, 0) is 6.54 Å². The Morgan fingerprint density at radius 2 is 2.20 bits per heavy atom. The number of nitrogens with two attached hydrogens (primary N) is 1. The van der Waals surface area contributed by atoms with Crippen LogP contribution in [0.4, 0.5) is 11.4 Å². The fourth-order valence-corrected chi connectivity index (χ4v) is 1.95. The van der Waals surface area contributed by atoms with Crippen LogP contribution in [0, 0.1) is 0 Å². The first-order chi connectivity index (χ1) is 9.60. The molecule has 0 saturated heterocycles. The van der Waals surface area contributed by atoms with E-state index in [1.54, 1.807) is 30.6 Å². The summed E-state index contributed by atoms with van der Waals surface area (Å²) < 4.78 is 1.38. The van der Waals surface area contributed by atoms with E-state index in [9.17, 15) is 4.79 Å². The molecule has 0 aliphatic rings. The summed E-state index contributed by atoms with van der Waals surface area (Å²) in [5.41, 5.74) is 7.72. The summed E-state index contributed by atoms with van der Waals surface area (Å²) in [5, 5.41) is 4.19. The molecule has 6 heteroatoms. The van der Waals surface area contributed by atoms with Crippen LogP contribution in [-0.4, -0.2) is 28.4 Å². The molecule has 0 aliphatic heterocycles. The number of anilines is 2. The molecule has 0 unspecified atom stereocenters. The summed E-state index contributed by atoms with van der Waals surface area (Å²) in [6.45, 7) is 3.31. The molecule has 106 valence electrons. The number of rotatable bonds is 5. The van der Waals surface area contributed by atoms with Crippen molar-refractivity contribution < 1.29 is 0 Å². The molecule has 0 radical (unpaired) electrons. The Morgan fingerprint density at radius 1 is 1.40 bits per heavy atom. The largest absolute Gasteiger partial charge is 0.399 e. The van der Waals surface area contributed by atoms with Gasteiger partial charge >= 0.3 is 0 Å². The van der Waals surface area contributed by atoms with Gasteiger partial charge in [0.1, 0.15) is 0 Å². The topological polar surface area (TPSA) is 77.0 Å². The standard InChI is InChI=1S/C14H19N5O/c1-3-6-18(2)13-8-14(20)19(17-9-13)10-12-7-11(15)4-5-16-12/h4-5,7-9H,3,6,10H2,1-2H3,(H2,15,16). The Morgan fingerprint density at radius 3 is 2.85 bits per heavy atom. The molecular weight excluding hydrogens is 254 g/mol. The second-order valence-electron chi connectivity index (χ2n) is 4.71. The Bertz CT molecular complexity index is 637. The number of aromatic nitrogens is 3. The van der Waals surface area contributed by atoms with E-state index in [4.69, 9.17) is 5.73 Å². The highest BCUT2D eigenvalue weighted by Gasteiger charge is 2.05. The molecule has 2 heterocycles. The number of nitrogens with zero attached hydrogens (tertiary/aromatic N) is 4. The minimum absolute atomic E-state index is 0.144. The molecule has 2 rings (SSSR count). The van der Waals surface area contributed by atoms with Gasteiger partial charge in [0.25, 0.3) is 5.56 Å². The molecule has 20 heavy (non-hydrogen) atoms. The van der Waals surface area contributed by atoms with Crippen LogP contribution in [0.5, 0.6) is 0 Å². The van der Waals surface area contributed by atoms with Gasteiger partial charge in [0.05, 0.1) is 24.1 Å². The van der Waals surface area contributed by atoms with Crippen molar-refractivity contribution in [1.29, 1.82) is 0 Å². The van der Waals surface area contributed by atoms with Crippen LogP contribution < -0.4 is 16.2 Å². The second kappa shape index (κ2) is 6.18. The van der Waals surface area contributed by atoms with Crippen LogP contribution in [0.1, 0.15) is 19.0 Å². The second-order valence-corrected chi connectivity index (χ2v) is 4.71. The third-order valence-electron chi connectivity index (χ3n) is 3.01. The van der Waals surface area contributed by atoms with E-state index in [-0.39, 0.29) is 5.56 Å². The van der Waals surface area contributed by atoms with Crippen molar-refractivity contribution >= 4 is 11.4 Å². The van der Waals surface area contributed by atoms with Crippen molar-refractivity contribution in [1.82, 2.24) is 14.8 Å². The molecule has 6 nitrogen and oxygen atoms in total. The lowest BCUT2D eigenvalue weighted by atomic mass is 10.3. The van der Waals surface area contributed by atoms with Crippen LogP contribution >= 0.6 is 0 Å². The Hall–Kier alpha value is -2.37. The number of pyridine rings is 1. The van der Waals surface area contributed by atoms with Gasteiger partial charge in [-0.25, -0.2) is 4.68 Å². The smallest absolute Gasteiger partial charge is 0.269 e. The predicted octanol–water partition coefficient (Wildman–Crippen LogP) is 1.11. The fraction of sp³-hybridized carbons (Fsp3) is 0.357. The molecular formula is C14H19N5O. The van der Waals surface area contributed by atoms with Crippen molar-refractivity contribution in [3.05, 3.63) is 46.6 Å². The average molecular weight is 273 g/mol. The predicted molar refractivity (Wildman–Crippen MR) is 79.8 cm³/mol. The van der Waals surface area contributed by atoms with Crippen molar-refractivity contribution in [2.75, 3.05) is 24.2 Å². The van der Waals surface area contributed by atoms with Crippen LogP contribution in [0.3, 0.4) is 0 Å². The van der Waals surface area contributed by atoms with E-state index in [2.05, 4.69) is 17.0 Å². The zero-order valence-corrected chi connectivity index (χ0v) is 11.8. The minimum Gasteiger partial charge on any atom is -0.399 e. The molecule has 0 saturated carbocycles. The maximum absolute atomic E-state index is 12.1. The van der Waals surface area contributed by atoms with Gasteiger partial charge in [-0.15, -0.1) is 0 Å². The van der Waals surface area contributed by atoms with Crippen molar-refractivity contribution in [3.8, 4) is 0 Å². The van der Waals surface area contributed by atoms with Crippen LogP contribution in [0.25, 0.3) is 0 Å². The molecule has 0 bridgehead atoms. The molecule has 0 aromatic carbocycles. The van der Waals surface area contributed by atoms with E-state index >= 15 is 0 Å². The van der Waals surface area contributed by atoms with Gasteiger partial charge in [-0.05, 0) is 18.6 Å². The van der Waals surface area contributed by atoms with E-state index < -0.39 is 0 Å². The Balaban J connectivity index is 2.20. The van der Waals surface area contributed by atoms with Gasteiger partial charge in [-0.2, -0.15) is 5.10 Å². The van der Waals surface area contributed by atoms with Crippen LogP contribution in [0.2, 0.25) is 0 Å². The molecule has 0 aliphatic carbocycles. The summed E-state index contributed by atoms with van der Waals surface area (Å²) in [7, 11) is 1.95. The first-order valence-corrected chi connectivity index (χ1v) is 6.59. The third-order valence-corrected chi connectivity index (χ3v) is 3.01.